The maximum absolute atomic E-state index is 10.3. The summed E-state index contributed by atoms with van der Waals surface area (Å²) in [5.41, 5.74) is -0.259. The van der Waals surface area contributed by atoms with Crippen LogP contribution in [0.5, 0.6) is 0 Å². The predicted molar refractivity (Wildman–Crippen MR) is 67.0 cm³/mol. The van der Waals surface area contributed by atoms with E-state index in [0.717, 1.165) is 31.5 Å². The van der Waals surface area contributed by atoms with Crippen molar-refractivity contribution in [1.29, 1.82) is 0 Å². The Labute approximate surface area is 106 Å². The van der Waals surface area contributed by atoms with Crippen LogP contribution in [0.15, 0.2) is 18.5 Å². The summed E-state index contributed by atoms with van der Waals surface area (Å²) in [5, 5.41) is 16.9. The van der Waals surface area contributed by atoms with E-state index >= 15 is 0 Å². The highest BCUT2D eigenvalue weighted by molar-refractivity contribution is 5.92. The van der Waals surface area contributed by atoms with Crippen LogP contribution in [0.4, 0.5) is 0 Å². The Hall–Kier alpha value is -1.95. The van der Waals surface area contributed by atoms with Crippen molar-refractivity contribution in [2.24, 2.45) is 0 Å². The Morgan fingerprint density at radius 2 is 1.50 bits per heavy atom. The third-order valence-corrected chi connectivity index (χ3v) is 2.31. The first kappa shape index (κ1) is 16.1. The number of aromatic nitrogens is 1. The highest BCUT2D eigenvalue weighted by atomic mass is 16.4. The predicted octanol–water partition coefficient (Wildman–Crippen LogP) is 1.44. The molecule has 6 nitrogen and oxygen atoms in total. The number of carboxylic acids is 2. The standard InChI is InChI=1S/C7H5NO4.C5H13N/c9-6(10)4-1-5(7(11)12)3-8-2-4;1-4-6(3)5-2/h1-3H,(H,9,10)(H,11,12);4-5H2,1-3H3. The Bertz CT molecular complexity index is 374. The minimum Gasteiger partial charge on any atom is -0.478 e. The van der Waals surface area contributed by atoms with E-state index in [0.29, 0.717) is 0 Å². The van der Waals surface area contributed by atoms with E-state index in [1.807, 2.05) is 0 Å². The quantitative estimate of drug-likeness (QED) is 0.844. The molecule has 0 fully saturated rings. The number of aromatic carboxylic acids is 2. The summed E-state index contributed by atoms with van der Waals surface area (Å²) >= 11 is 0. The Balaban J connectivity index is 0.000000411. The third kappa shape index (κ3) is 5.95. The van der Waals surface area contributed by atoms with Gasteiger partial charge in [-0.05, 0) is 26.2 Å². The molecule has 0 amide bonds. The average molecular weight is 254 g/mol. The Morgan fingerprint density at radius 1 is 1.11 bits per heavy atom. The van der Waals surface area contributed by atoms with E-state index in [-0.39, 0.29) is 11.1 Å². The van der Waals surface area contributed by atoms with E-state index in [9.17, 15) is 9.59 Å². The molecular formula is C12H18N2O4. The first-order chi connectivity index (χ1) is 8.42. The fourth-order valence-corrected chi connectivity index (χ4v) is 0.897. The second kappa shape index (κ2) is 8.19. The molecule has 0 bridgehead atoms. The molecule has 0 aromatic carbocycles. The van der Waals surface area contributed by atoms with Crippen molar-refractivity contribution in [1.82, 2.24) is 9.88 Å². The van der Waals surface area contributed by atoms with Crippen molar-refractivity contribution in [2.45, 2.75) is 13.8 Å². The van der Waals surface area contributed by atoms with Crippen molar-refractivity contribution in [2.75, 3.05) is 20.1 Å². The van der Waals surface area contributed by atoms with Crippen molar-refractivity contribution in [3.63, 3.8) is 0 Å². The van der Waals surface area contributed by atoms with Gasteiger partial charge in [0.2, 0.25) is 0 Å². The van der Waals surface area contributed by atoms with Crippen LogP contribution in [0.2, 0.25) is 0 Å². The lowest BCUT2D eigenvalue weighted by Gasteiger charge is -2.07. The fourth-order valence-electron chi connectivity index (χ4n) is 0.897. The van der Waals surface area contributed by atoms with Gasteiger partial charge in [-0.25, -0.2) is 9.59 Å². The summed E-state index contributed by atoms with van der Waals surface area (Å²) in [5.74, 6) is -2.38. The minimum absolute atomic E-state index is 0.130. The number of carboxylic acid groups (broad SMARTS) is 2. The van der Waals surface area contributed by atoms with Crippen LogP contribution < -0.4 is 0 Å². The van der Waals surface area contributed by atoms with Gasteiger partial charge in [0.1, 0.15) is 0 Å². The second-order valence-electron chi connectivity index (χ2n) is 3.56. The Morgan fingerprint density at radius 3 is 1.72 bits per heavy atom. The SMILES string of the molecule is CCN(C)CC.O=C(O)c1cncc(C(=O)O)c1. The molecule has 0 spiro atoms. The van der Waals surface area contributed by atoms with E-state index in [4.69, 9.17) is 10.2 Å². The zero-order valence-corrected chi connectivity index (χ0v) is 10.8. The van der Waals surface area contributed by atoms with Crippen LogP contribution in [-0.2, 0) is 0 Å². The number of hydrogen-bond donors (Lipinski definition) is 2. The van der Waals surface area contributed by atoms with Crippen molar-refractivity contribution in [3.05, 3.63) is 29.6 Å². The zero-order valence-electron chi connectivity index (χ0n) is 10.8. The van der Waals surface area contributed by atoms with E-state index in [2.05, 4.69) is 30.8 Å². The smallest absolute Gasteiger partial charge is 0.337 e. The molecule has 0 atom stereocenters. The molecule has 6 heteroatoms. The highest BCUT2D eigenvalue weighted by Crippen LogP contribution is 2.01. The number of nitrogens with zero attached hydrogens (tertiary/aromatic N) is 2. The molecular weight excluding hydrogens is 236 g/mol. The van der Waals surface area contributed by atoms with Gasteiger partial charge in [0.05, 0.1) is 11.1 Å². The van der Waals surface area contributed by atoms with Crippen LogP contribution in [-0.4, -0.2) is 52.2 Å². The van der Waals surface area contributed by atoms with Gasteiger partial charge in [0, 0.05) is 12.4 Å². The summed E-state index contributed by atoms with van der Waals surface area (Å²) in [4.78, 5) is 26.4. The lowest BCUT2D eigenvalue weighted by molar-refractivity contribution is 0.0696. The van der Waals surface area contributed by atoms with Gasteiger partial charge in [-0.3, -0.25) is 4.98 Å². The van der Waals surface area contributed by atoms with Crippen LogP contribution in [0.1, 0.15) is 34.6 Å². The topological polar surface area (TPSA) is 90.7 Å². The maximum atomic E-state index is 10.3. The summed E-state index contributed by atoms with van der Waals surface area (Å²) in [7, 11) is 2.11. The van der Waals surface area contributed by atoms with Crippen molar-refractivity contribution >= 4 is 11.9 Å². The summed E-state index contributed by atoms with van der Waals surface area (Å²) < 4.78 is 0. The molecule has 0 unspecified atom stereocenters. The molecule has 0 saturated heterocycles. The molecule has 2 N–H and O–H groups in total. The largest absolute Gasteiger partial charge is 0.478 e. The van der Waals surface area contributed by atoms with Gasteiger partial charge >= 0.3 is 11.9 Å². The zero-order chi connectivity index (χ0) is 14.1. The number of rotatable bonds is 4. The van der Waals surface area contributed by atoms with E-state index < -0.39 is 11.9 Å². The minimum atomic E-state index is -1.19. The molecule has 1 heterocycles. The van der Waals surface area contributed by atoms with E-state index in [1.54, 1.807) is 0 Å². The lowest BCUT2D eigenvalue weighted by atomic mass is 10.2. The Kier molecular flexibility index (Phi) is 7.30. The summed E-state index contributed by atoms with van der Waals surface area (Å²) in [6.07, 6.45) is 2.18. The molecule has 100 valence electrons. The lowest BCUT2D eigenvalue weighted by Crippen LogP contribution is -2.15. The molecule has 1 aromatic heterocycles. The van der Waals surface area contributed by atoms with Crippen LogP contribution in [0, 0.1) is 0 Å². The van der Waals surface area contributed by atoms with Gasteiger partial charge in [-0.2, -0.15) is 0 Å². The van der Waals surface area contributed by atoms with Crippen molar-refractivity contribution in [3.8, 4) is 0 Å². The van der Waals surface area contributed by atoms with Gasteiger partial charge in [0.15, 0.2) is 0 Å². The highest BCUT2D eigenvalue weighted by Gasteiger charge is 2.07. The third-order valence-electron chi connectivity index (χ3n) is 2.31. The van der Waals surface area contributed by atoms with Gasteiger partial charge in [0.25, 0.3) is 0 Å². The van der Waals surface area contributed by atoms with Gasteiger partial charge in [-0.15, -0.1) is 0 Å². The number of hydrogen-bond acceptors (Lipinski definition) is 4. The number of pyridine rings is 1. The van der Waals surface area contributed by atoms with Gasteiger partial charge < -0.3 is 15.1 Å². The molecule has 0 aliphatic heterocycles. The average Bonchev–Trinajstić information content (AvgIpc) is 2.38. The second-order valence-corrected chi connectivity index (χ2v) is 3.56. The molecule has 0 radical (unpaired) electrons. The molecule has 1 rings (SSSR count). The number of carbonyl (C=O) groups is 2. The first-order valence-corrected chi connectivity index (χ1v) is 5.52. The normalized spacial score (nSPS) is 9.56. The first-order valence-electron chi connectivity index (χ1n) is 5.52. The molecule has 1 aromatic rings. The van der Waals surface area contributed by atoms with Crippen LogP contribution >= 0.6 is 0 Å². The monoisotopic (exact) mass is 254 g/mol. The van der Waals surface area contributed by atoms with Crippen LogP contribution in [0.25, 0.3) is 0 Å². The molecule has 0 saturated carbocycles. The molecule has 0 aliphatic rings. The van der Waals surface area contributed by atoms with E-state index in [1.165, 1.54) is 0 Å². The van der Waals surface area contributed by atoms with Crippen molar-refractivity contribution < 1.29 is 19.8 Å². The summed E-state index contributed by atoms with van der Waals surface area (Å²) in [6, 6.07) is 1.05. The molecule has 18 heavy (non-hydrogen) atoms. The summed E-state index contributed by atoms with van der Waals surface area (Å²) in [6.45, 7) is 6.64. The molecule has 0 aliphatic carbocycles. The maximum Gasteiger partial charge on any atom is 0.337 e. The van der Waals surface area contributed by atoms with Crippen LogP contribution in [0.3, 0.4) is 0 Å². The fraction of sp³-hybridized carbons (Fsp3) is 0.417. The van der Waals surface area contributed by atoms with Gasteiger partial charge in [-0.1, -0.05) is 13.8 Å².